The van der Waals surface area contributed by atoms with Crippen LogP contribution in [0.2, 0.25) is 0 Å². The number of hydrogen-bond acceptors (Lipinski definition) is 4. The van der Waals surface area contributed by atoms with Gasteiger partial charge in [-0.25, -0.2) is 0 Å². The second-order valence-corrected chi connectivity index (χ2v) is 5.84. The molecule has 4 nitrogen and oxygen atoms in total. The molecule has 1 aromatic heterocycles. The van der Waals surface area contributed by atoms with Crippen LogP contribution in [0, 0.1) is 0 Å². The molecule has 0 saturated carbocycles. The van der Waals surface area contributed by atoms with Crippen LogP contribution in [-0.4, -0.2) is 31.7 Å². The van der Waals surface area contributed by atoms with E-state index in [1.165, 1.54) is 32.1 Å². The summed E-state index contributed by atoms with van der Waals surface area (Å²) >= 11 is 0. The van der Waals surface area contributed by atoms with Crippen molar-refractivity contribution in [3.05, 3.63) is 30.5 Å². The summed E-state index contributed by atoms with van der Waals surface area (Å²) in [5.74, 6) is 0.869. The van der Waals surface area contributed by atoms with Crippen LogP contribution < -0.4 is 15.4 Å². The maximum Gasteiger partial charge on any atom is 0.121 e. The lowest BCUT2D eigenvalue weighted by atomic mass is 10.1. The largest absolute Gasteiger partial charge is 0.497 e. The molecule has 0 saturated heterocycles. The summed E-state index contributed by atoms with van der Waals surface area (Å²) in [7, 11) is 1.70. The Morgan fingerprint density at radius 1 is 1.04 bits per heavy atom. The van der Waals surface area contributed by atoms with Gasteiger partial charge >= 0.3 is 0 Å². The van der Waals surface area contributed by atoms with Gasteiger partial charge < -0.3 is 15.4 Å². The molecular weight excluding hydrogens is 366 g/mol. The molecule has 0 amide bonds. The highest BCUT2D eigenvalue weighted by atomic mass is 79.9. The average molecular weight is 396 g/mol. The van der Waals surface area contributed by atoms with Crippen molar-refractivity contribution in [1.29, 1.82) is 0 Å². The van der Waals surface area contributed by atoms with Gasteiger partial charge in [0.2, 0.25) is 0 Å². The number of halogens is 1. The predicted octanol–water partition coefficient (Wildman–Crippen LogP) is 4.79. The Hall–Kier alpha value is -1.33. The summed E-state index contributed by atoms with van der Waals surface area (Å²) in [6.07, 6.45) is 8.02. The minimum Gasteiger partial charge on any atom is -0.497 e. The Kier molecular flexibility index (Phi) is 10.4. The number of nitrogens with one attached hydrogen (secondary N) is 2. The SMILES string of the molecule is Br.CCCCNCCCCCNc1cc(OC)cc2cccnc12. The number of rotatable bonds is 11. The van der Waals surface area contributed by atoms with Crippen LogP contribution >= 0.6 is 17.0 Å². The maximum atomic E-state index is 5.38. The third kappa shape index (κ3) is 6.65. The molecule has 0 aliphatic heterocycles. The van der Waals surface area contributed by atoms with Crippen LogP contribution in [0.5, 0.6) is 5.75 Å². The zero-order chi connectivity index (χ0) is 16.3. The first kappa shape index (κ1) is 20.7. The van der Waals surface area contributed by atoms with E-state index in [-0.39, 0.29) is 17.0 Å². The van der Waals surface area contributed by atoms with E-state index in [2.05, 4.69) is 28.6 Å². The van der Waals surface area contributed by atoms with E-state index in [1.807, 2.05) is 24.4 Å². The highest BCUT2D eigenvalue weighted by Gasteiger charge is 2.05. The number of anilines is 1. The van der Waals surface area contributed by atoms with Crippen LogP contribution in [0.1, 0.15) is 39.0 Å². The van der Waals surface area contributed by atoms with Crippen LogP contribution in [0.4, 0.5) is 5.69 Å². The van der Waals surface area contributed by atoms with Gasteiger partial charge in [0.15, 0.2) is 0 Å². The lowest BCUT2D eigenvalue weighted by Crippen LogP contribution is -2.16. The van der Waals surface area contributed by atoms with Gasteiger partial charge in [-0.05, 0) is 44.5 Å². The molecular formula is C19H30BrN3O. The first-order chi connectivity index (χ1) is 11.3. The fourth-order valence-corrected chi connectivity index (χ4v) is 2.62. The van der Waals surface area contributed by atoms with Crippen molar-refractivity contribution in [2.24, 2.45) is 0 Å². The second-order valence-electron chi connectivity index (χ2n) is 5.84. The summed E-state index contributed by atoms with van der Waals surface area (Å²) in [6, 6.07) is 8.08. The van der Waals surface area contributed by atoms with Crippen molar-refractivity contribution in [3.63, 3.8) is 0 Å². The molecule has 0 spiro atoms. The molecule has 2 N–H and O–H groups in total. The molecule has 2 aromatic rings. The number of unbranched alkanes of at least 4 members (excludes halogenated alkanes) is 3. The smallest absolute Gasteiger partial charge is 0.121 e. The first-order valence-corrected chi connectivity index (χ1v) is 8.72. The Morgan fingerprint density at radius 2 is 1.83 bits per heavy atom. The number of aromatic nitrogens is 1. The summed E-state index contributed by atoms with van der Waals surface area (Å²) in [5, 5.41) is 8.10. The standard InChI is InChI=1S/C19H29N3O.BrH/c1-3-4-10-20-11-6-5-7-12-21-18-15-17(23-2)14-16-9-8-13-22-19(16)18;/h8-9,13-15,20-21H,3-7,10-12H2,1-2H3;1H. The summed E-state index contributed by atoms with van der Waals surface area (Å²) < 4.78 is 5.38. The van der Waals surface area contributed by atoms with E-state index in [0.29, 0.717) is 0 Å². The lowest BCUT2D eigenvalue weighted by molar-refractivity contribution is 0.415. The van der Waals surface area contributed by atoms with Gasteiger partial charge in [-0.3, -0.25) is 4.98 Å². The molecule has 0 radical (unpaired) electrons. The minimum absolute atomic E-state index is 0. The lowest BCUT2D eigenvalue weighted by Gasteiger charge is -2.11. The molecule has 0 aliphatic carbocycles. The van der Waals surface area contributed by atoms with E-state index in [1.54, 1.807) is 7.11 Å². The summed E-state index contributed by atoms with van der Waals surface area (Å²) in [4.78, 5) is 4.49. The number of hydrogen-bond donors (Lipinski definition) is 2. The fraction of sp³-hybridized carbons (Fsp3) is 0.526. The molecule has 0 unspecified atom stereocenters. The van der Waals surface area contributed by atoms with Crippen molar-refractivity contribution in [1.82, 2.24) is 10.3 Å². The third-order valence-corrected chi connectivity index (χ3v) is 3.97. The topological polar surface area (TPSA) is 46.2 Å². The van der Waals surface area contributed by atoms with Gasteiger partial charge in [-0.1, -0.05) is 25.8 Å². The van der Waals surface area contributed by atoms with Crippen LogP contribution in [-0.2, 0) is 0 Å². The van der Waals surface area contributed by atoms with Crippen molar-refractivity contribution in [3.8, 4) is 5.75 Å². The quantitative estimate of drug-likeness (QED) is 0.536. The number of ether oxygens (including phenoxy) is 1. The van der Waals surface area contributed by atoms with E-state index in [9.17, 15) is 0 Å². The van der Waals surface area contributed by atoms with Crippen molar-refractivity contribution in [2.45, 2.75) is 39.0 Å². The highest BCUT2D eigenvalue weighted by Crippen LogP contribution is 2.27. The summed E-state index contributed by atoms with van der Waals surface area (Å²) in [6.45, 7) is 5.47. The Bertz CT molecular complexity index is 592. The van der Waals surface area contributed by atoms with Crippen molar-refractivity contribution >= 4 is 33.6 Å². The van der Waals surface area contributed by atoms with Crippen molar-refractivity contribution in [2.75, 3.05) is 32.1 Å². The molecule has 24 heavy (non-hydrogen) atoms. The van der Waals surface area contributed by atoms with E-state index >= 15 is 0 Å². The first-order valence-electron chi connectivity index (χ1n) is 8.72. The van der Waals surface area contributed by atoms with Gasteiger partial charge in [-0.15, -0.1) is 17.0 Å². The fourth-order valence-electron chi connectivity index (χ4n) is 2.62. The van der Waals surface area contributed by atoms with Crippen LogP contribution in [0.15, 0.2) is 30.5 Å². The van der Waals surface area contributed by atoms with Gasteiger partial charge in [0.25, 0.3) is 0 Å². The van der Waals surface area contributed by atoms with Gasteiger partial charge in [0.1, 0.15) is 5.75 Å². The molecule has 0 bridgehead atoms. The van der Waals surface area contributed by atoms with E-state index in [4.69, 9.17) is 4.74 Å². The normalized spacial score (nSPS) is 10.4. The van der Waals surface area contributed by atoms with Crippen LogP contribution in [0.25, 0.3) is 10.9 Å². The third-order valence-electron chi connectivity index (χ3n) is 3.97. The average Bonchev–Trinajstić information content (AvgIpc) is 2.60. The number of nitrogens with zero attached hydrogens (tertiary/aromatic N) is 1. The van der Waals surface area contributed by atoms with Crippen LogP contribution in [0.3, 0.4) is 0 Å². The molecule has 1 heterocycles. The Balaban J connectivity index is 0.00000288. The van der Waals surface area contributed by atoms with Gasteiger partial charge in [0.05, 0.1) is 18.3 Å². The molecule has 1 aromatic carbocycles. The zero-order valence-corrected chi connectivity index (χ0v) is 16.5. The Morgan fingerprint density at radius 3 is 2.62 bits per heavy atom. The van der Waals surface area contributed by atoms with Gasteiger partial charge in [-0.2, -0.15) is 0 Å². The molecule has 134 valence electrons. The van der Waals surface area contributed by atoms with Crippen molar-refractivity contribution < 1.29 is 4.74 Å². The number of methoxy groups -OCH3 is 1. The van der Waals surface area contributed by atoms with Gasteiger partial charge in [0, 0.05) is 24.2 Å². The maximum absolute atomic E-state index is 5.38. The highest BCUT2D eigenvalue weighted by molar-refractivity contribution is 8.93. The number of benzene rings is 1. The zero-order valence-electron chi connectivity index (χ0n) is 14.8. The van der Waals surface area contributed by atoms with E-state index in [0.717, 1.165) is 42.0 Å². The number of fused-ring (bicyclic) bond motifs is 1. The molecule has 0 atom stereocenters. The summed E-state index contributed by atoms with van der Waals surface area (Å²) in [5.41, 5.74) is 2.07. The molecule has 5 heteroatoms. The monoisotopic (exact) mass is 395 g/mol. The van der Waals surface area contributed by atoms with E-state index < -0.39 is 0 Å². The number of pyridine rings is 1. The second kappa shape index (κ2) is 12.1. The molecule has 0 aliphatic rings. The molecule has 0 fully saturated rings. The Labute approximate surface area is 156 Å². The minimum atomic E-state index is 0. The molecule has 2 rings (SSSR count). The predicted molar refractivity (Wildman–Crippen MR) is 109 cm³/mol.